The maximum absolute atomic E-state index is 14.1. The lowest BCUT2D eigenvalue weighted by Crippen LogP contribution is -2.52. The predicted octanol–water partition coefficient (Wildman–Crippen LogP) is 5.67. The standard InChI is InChI=1S/C30H33Cl2N3O5S/c1-21(30(37)33-24-10-6-7-11-24)34(19-22-9-8-12-25(17-22)40-2)29(36)20-35(28-16-15-23(31)18-27(28)32)41(38,39)26-13-4-3-5-14-26/h3-5,8-9,12-18,21,24H,6-7,10-11,19-20H2,1-2H3,(H,33,37). The number of rotatable bonds is 11. The molecule has 0 heterocycles. The number of halogens is 2. The molecule has 0 aliphatic heterocycles. The van der Waals surface area contributed by atoms with E-state index < -0.39 is 28.5 Å². The third-order valence-electron chi connectivity index (χ3n) is 7.14. The van der Waals surface area contributed by atoms with Gasteiger partial charge < -0.3 is 15.0 Å². The molecule has 3 aromatic carbocycles. The lowest BCUT2D eigenvalue weighted by atomic mass is 10.1. The largest absolute Gasteiger partial charge is 0.497 e. The number of hydrogen-bond acceptors (Lipinski definition) is 5. The molecule has 0 spiro atoms. The van der Waals surface area contributed by atoms with E-state index in [1.54, 1.807) is 50.4 Å². The molecule has 1 aliphatic rings. The number of methoxy groups -OCH3 is 1. The fraction of sp³-hybridized carbons (Fsp3) is 0.333. The molecule has 2 amide bonds. The van der Waals surface area contributed by atoms with E-state index in [2.05, 4.69) is 5.32 Å². The van der Waals surface area contributed by atoms with Crippen molar-refractivity contribution in [2.24, 2.45) is 0 Å². The molecular weight excluding hydrogens is 585 g/mol. The third-order valence-corrected chi connectivity index (χ3v) is 9.46. The van der Waals surface area contributed by atoms with Crippen LogP contribution in [0.3, 0.4) is 0 Å². The Bertz CT molecular complexity index is 1480. The number of sulfonamides is 1. The summed E-state index contributed by atoms with van der Waals surface area (Å²) in [6, 6.07) is 18.5. The van der Waals surface area contributed by atoms with Crippen molar-refractivity contribution in [2.45, 2.75) is 56.1 Å². The van der Waals surface area contributed by atoms with Gasteiger partial charge in [0.2, 0.25) is 11.8 Å². The zero-order chi connectivity index (χ0) is 29.6. The van der Waals surface area contributed by atoms with Crippen LogP contribution in [0.15, 0.2) is 77.7 Å². The zero-order valence-corrected chi connectivity index (χ0v) is 25.3. The van der Waals surface area contributed by atoms with E-state index in [-0.39, 0.29) is 34.1 Å². The summed E-state index contributed by atoms with van der Waals surface area (Å²) in [6.07, 6.45) is 3.86. The van der Waals surface area contributed by atoms with Crippen molar-refractivity contribution in [3.63, 3.8) is 0 Å². The third kappa shape index (κ3) is 7.52. The molecule has 218 valence electrons. The van der Waals surface area contributed by atoms with Gasteiger partial charge in [-0.3, -0.25) is 13.9 Å². The first-order valence-electron chi connectivity index (χ1n) is 13.4. The fourth-order valence-electron chi connectivity index (χ4n) is 4.86. The van der Waals surface area contributed by atoms with Gasteiger partial charge in [-0.2, -0.15) is 0 Å². The van der Waals surface area contributed by atoms with E-state index in [0.29, 0.717) is 10.8 Å². The summed E-state index contributed by atoms with van der Waals surface area (Å²) in [5.74, 6) is -0.276. The van der Waals surface area contributed by atoms with Gasteiger partial charge in [-0.15, -0.1) is 0 Å². The number of carbonyl (C=O) groups excluding carboxylic acids is 2. The van der Waals surface area contributed by atoms with Crippen LogP contribution in [0.1, 0.15) is 38.2 Å². The highest BCUT2D eigenvalue weighted by Gasteiger charge is 2.34. The molecule has 11 heteroatoms. The van der Waals surface area contributed by atoms with E-state index in [1.807, 2.05) is 6.07 Å². The second-order valence-corrected chi connectivity index (χ2v) is 12.7. The van der Waals surface area contributed by atoms with Crippen LogP contribution >= 0.6 is 23.2 Å². The zero-order valence-electron chi connectivity index (χ0n) is 22.9. The van der Waals surface area contributed by atoms with Crippen LogP contribution in [0.5, 0.6) is 5.75 Å². The van der Waals surface area contributed by atoms with Crippen LogP contribution in [-0.2, 0) is 26.2 Å². The highest BCUT2D eigenvalue weighted by molar-refractivity contribution is 7.92. The Labute approximate surface area is 251 Å². The van der Waals surface area contributed by atoms with Crippen LogP contribution in [0, 0.1) is 0 Å². The Kier molecular flexibility index (Phi) is 10.2. The Hall–Kier alpha value is -3.27. The summed E-state index contributed by atoms with van der Waals surface area (Å²) >= 11 is 12.5. The smallest absolute Gasteiger partial charge is 0.264 e. The summed E-state index contributed by atoms with van der Waals surface area (Å²) in [5.41, 5.74) is 0.817. The van der Waals surface area contributed by atoms with Crippen molar-refractivity contribution in [1.82, 2.24) is 10.2 Å². The van der Waals surface area contributed by atoms with Gasteiger partial charge in [0.05, 0.1) is 22.7 Å². The minimum Gasteiger partial charge on any atom is -0.497 e. The van der Waals surface area contributed by atoms with Crippen LogP contribution in [0.4, 0.5) is 5.69 Å². The SMILES string of the molecule is COc1cccc(CN(C(=O)CN(c2ccc(Cl)cc2Cl)S(=O)(=O)c2ccccc2)C(C)C(=O)NC2CCCC2)c1. The maximum Gasteiger partial charge on any atom is 0.264 e. The average molecular weight is 619 g/mol. The van der Waals surface area contributed by atoms with Crippen LogP contribution in [-0.4, -0.2) is 50.9 Å². The van der Waals surface area contributed by atoms with Crippen molar-refractivity contribution in [1.29, 1.82) is 0 Å². The summed E-state index contributed by atoms with van der Waals surface area (Å²) in [4.78, 5) is 28.8. The van der Waals surface area contributed by atoms with Gasteiger partial charge in [0.15, 0.2) is 0 Å². The molecule has 1 N–H and O–H groups in total. The van der Waals surface area contributed by atoms with E-state index in [0.717, 1.165) is 35.6 Å². The second kappa shape index (κ2) is 13.6. The molecule has 3 aromatic rings. The van der Waals surface area contributed by atoms with Crippen molar-refractivity contribution >= 4 is 50.7 Å². The molecule has 0 aromatic heterocycles. The molecule has 0 saturated heterocycles. The molecule has 1 unspecified atom stereocenters. The quantitative estimate of drug-likeness (QED) is 0.299. The van der Waals surface area contributed by atoms with E-state index in [4.69, 9.17) is 27.9 Å². The number of hydrogen-bond donors (Lipinski definition) is 1. The van der Waals surface area contributed by atoms with Gasteiger partial charge >= 0.3 is 0 Å². The first-order chi connectivity index (χ1) is 19.6. The second-order valence-electron chi connectivity index (χ2n) is 9.96. The topological polar surface area (TPSA) is 96.0 Å². The minimum atomic E-state index is -4.23. The molecule has 1 fully saturated rings. The number of benzene rings is 3. The first-order valence-corrected chi connectivity index (χ1v) is 15.6. The summed E-state index contributed by atoms with van der Waals surface area (Å²) in [6.45, 7) is 1.11. The number of carbonyl (C=O) groups is 2. The van der Waals surface area contributed by atoms with Crippen molar-refractivity contribution in [3.05, 3.63) is 88.4 Å². The van der Waals surface area contributed by atoms with Crippen LogP contribution in [0.25, 0.3) is 0 Å². The van der Waals surface area contributed by atoms with Gasteiger partial charge in [0.1, 0.15) is 18.3 Å². The Morgan fingerprint density at radius 1 is 1.00 bits per heavy atom. The van der Waals surface area contributed by atoms with Crippen LogP contribution in [0.2, 0.25) is 10.0 Å². The average Bonchev–Trinajstić information content (AvgIpc) is 3.48. The van der Waals surface area contributed by atoms with Gasteiger partial charge in [0.25, 0.3) is 10.0 Å². The van der Waals surface area contributed by atoms with E-state index >= 15 is 0 Å². The summed E-state index contributed by atoms with van der Waals surface area (Å²) in [5, 5.41) is 3.44. The van der Waals surface area contributed by atoms with E-state index in [1.165, 1.54) is 35.2 Å². The normalized spacial score (nSPS) is 14.3. The fourth-order valence-corrected chi connectivity index (χ4v) is 6.87. The van der Waals surface area contributed by atoms with Crippen LogP contribution < -0.4 is 14.4 Å². The monoisotopic (exact) mass is 617 g/mol. The Balaban J connectivity index is 1.71. The first kappa shape index (κ1) is 30.7. The van der Waals surface area contributed by atoms with Gasteiger partial charge in [-0.25, -0.2) is 8.42 Å². The predicted molar refractivity (Wildman–Crippen MR) is 161 cm³/mol. The molecule has 1 aliphatic carbocycles. The van der Waals surface area contributed by atoms with E-state index in [9.17, 15) is 18.0 Å². The highest BCUT2D eigenvalue weighted by Crippen LogP contribution is 2.33. The Morgan fingerprint density at radius 3 is 2.37 bits per heavy atom. The summed E-state index contributed by atoms with van der Waals surface area (Å²) in [7, 11) is -2.68. The van der Waals surface area contributed by atoms with Gasteiger partial charge in [0, 0.05) is 17.6 Å². The summed E-state index contributed by atoms with van der Waals surface area (Å²) < 4.78 is 34.0. The molecule has 0 radical (unpaired) electrons. The number of nitrogens with zero attached hydrogens (tertiary/aromatic N) is 2. The lowest BCUT2D eigenvalue weighted by molar-refractivity contribution is -0.139. The number of ether oxygens (including phenoxy) is 1. The Morgan fingerprint density at radius 2 is 1.71 bits per heavy atom. The van der Waals surface area contributed by atoms with Crippen molar-refractivity contribution in [2.75, 3.05) is 18.0 Å². The molecule has 1 saturated carbocycles. The lowest BCUT2D eigenvalue weighted by Gasteiger charge is -2.32. The number of amides is 2. The number of anilines is 1. The molecule has 0 bridgehead atoms. The number of nitrogens with one attached hydrogen (secondary N) is 1. The minimum absolute atomic E-state index is 0.00909. The van der Waals surface area contributed by atoms with Gasteiger partial charge in [-0.1, -0.05) is 66.4 Å². The molecule has 41 heavy (non-hydrogen) atoms. The molecule has 1 atom stereocenters. The maximum atomic E-state index is 14.1. The molecular formula is C30H33Cl2N3O5S. The van der Waals surface area contributed by atoms with Crippen molar-refractivity contribution in [3.8, 4) is 5.75 Å². The van der Waals surface area contributed by atoms with Gasteiger partial charge in [-0.05, 0) is 67.8 Å². The molecule has 8 nitrogen and oxygen atoms in total. The molecule has 4 rings (SSSR count). The highest BCUT2D eigenvalue weighted by atomic mass is 35.5. The van der Waals surface area contributed by atoms with Crippen molar-refractivity contribution < 1.29 is 22.7 Å².